The monoisotopic (exact) mass is 253 g/mol. The predicted molar refractivity (Wildman–Crippen MR) is 74.9 cm³/mol. The summed E-state index contributed by atoms with van der Waals surface area (Å²) < 4.78 is 5.80. The van der Waals surface area contributed by atoms with E-state index in [0.717, 1.165) is 22.2 Å². The van der Waals surface area contributed by atoms with Crippen LogP contribution in [0.5, 0.6) is 0 Å². The highest BCUT2D eigenvalue weighted by Gasteiger charge is 2.10. The maximum absolute atomic E-state index is 9.20. The minimum Gasteiger partial charge on any atom is -0.436 e. The molecule has 0 fully saturated rings. The van der Waals surface area contributed by atoms with Gasteiger partial charge < -0.3 is 9.52 Å². The van der Waals surface area contributed by atoms with Crippen LogP contribution in [0.1, 0.15) is 18.4 Å². The molecule has 0 aliphatic rings. The first-order valence-corrected chi connectivity index (χ1v) is 6.34. The summed E-state index contributed by atoms with van der Waals surface area (Å²) in [5.74, 6) is 0.735. The molecule has 96 valence electrons. The average molecular weight is 253 g/mol. The van der Waals surface area contributed by atoms with E-state index in [1.807, 2.05) is 55.5 Å². The summed E-state index contributed by atoms with van der Waals surface area (Å²) in [6.45, 7) is 2.11. The highest BCUT2D eigenvalue weighted by molar-refractivity contribution is 5.77. The zero-order valence-electron chi connectivity index (χ0n) is 10.7. The Bertz CT molecular complexity index is 688. The molecule has 2 aromatic carbocycles. The maximum atomic E-state index is 9.20. The molecule has 3 rings (SSSR count). The van der Waals surface area contributed by atoms with E-state index in [0.29, 0.717) is 5.89 Å². The molecule has 3 aromatic rings. The van der Waals surface area contributed by atoms with Crippen molar-refractivity contribution in [2.24, 2.45) is 0 Å². The van der Waals surface area contributed by atoms with E-state index in [2.05, 4.69) is 4.98 Å². The molecule has 0 saturated carbocycles. The van der Waals surface area contributed by atoms with Crippen LogP contribution in [-0.4, -0.2) is 16.7 Å². The Morgan fingerprint density at radius 2 is 1.95 bits per heavy atom. The van der Waals surface area contributed by atoms with Crippen molar-refractivity contribution in [3.8, 4) is 11.5 Å². The summed E-state index contributed by atoms with van der Waals surface area (Å²) in [4.78, 5) is 4.48. The van der Waals surface area contributed by atoms with Gasteiger partial charge in [0, 0.05) is 18.1 Å². The number of hydrogen-bond acceptors (Lipinski definition) is 3. The molecule has 3 heteroatoms. The molecule has 1 N–H and O–H groups in total. The Morgan fingerprint density at radius 1 is 1.16 bits per heavy atom. The number of nitrogens with zero attached hydrogens (tertiary/aromatic N) is 1. The van der Waals surface area contributed by atoms with Gasteiger partial charge in [0.1, 0.15) is 5.52 Å². The Morgan fingerprint density at radius 3 is 2.68 bits per heavy atom. The third kappa shape index (κ3) is 2.25. The third-order valence-corrected chi connectivity index (χ3v) is 3.28. The van der Waals surface area contributed by atoms with Gasteiger partial charge in [0.05, 0.1) is 0 Å². The highest BCUT2D eigenvalue weighted by Crippen LogP contribution is 2.26. The van der Waals surface area contributed by atoms with Crippen LogP contribution in [0.2, 0.25) is 0 Å². The smallest absolute Gasteiger partial charge is 0.227 e. The van der Waals surface area contributed by atoms with Crippen LogP contribution < -0.4 is 0 Å². The maximum Gasteiger partial charge on any atom is 0.227 e. The molecule has 19 heavy (non-hydrogen) atoms. The summed E-state index contributed by atoms with van der Waals surface area (Å²) in [5, 5.41) is 9.20. The largest absolute Gasteiger partial charge is 0.436 e. The second kappa shape index (κ2) is 4.86. The second-order valence-electron chi connectivity index (χ2n) is 4.70. The quantitative estimate of drug-likeness (QED) is 0.775. The van der Waals surface area contributed by atoms with Crippen molar-refractivity contribution in [3.05, 3.63) is 54.1 Å². The number of aliphatic hydroxyl groups excluding tert-OH is 1. The van der Waals surface area contributed by atoms with E-state index in [4.69, 9.17) is 4.42 Å². The van der Waals surface area contributed by atoms with Crippen molar-refractivity contribution in [1.82, 2.24) is 4.98 Å². The molecule has 1 heterocycles. The van der Waals surface area contributed by atoms with E-state index in [-0.39, 0.29) is 12.5 Å². The minimum absolute atomic E-state index is 0.106. The lowest BCUT2D eigenvalue weighted by atomic mass is 10.0. The average Bonchev–Trinajstić information content (AvgIpc) is 2.90. The topological polar surface area (TPSA) is 46.3 Å². The summed E-state index contributed by atoms with van der Waals surface area (Å²) in [6, 6.07) is 15.7. The SMILES string of the molecule is CC(CO)c1ccc2nc(-c3ccccc3)oc2c1. The fourth-order valence-electron chi connectivity index (χ4n) is 2.06. The highest BCUT2D eigenvalue weighted by atomic mass is 16.3. The van der Waals surface area contributed by atoms with Crippen molar-refractivity contribution in [2.45, 2.75) is 12.8 Å². The Labute approximate surface area is 111 Å². The van der Waals surface area contributed by atoms with Gasteiger partial charge in [0.15, 0.2) is 5.58 Å². The molecule has 0 radical (unpaired) electrons. The lowest BCUT2D eigenvalue weighted by Gasteiger charge is -2.06. The van der Waals surface area contributed by atoms with E-state index in [1.54, 1.807) is 0 Å². The van der Waals surface area contributed by atoms with E-state index in [1.165, 1.54) is 0 Å². The van der Waals surface area contributed by atoms with Crippen LogP contribution in [0, 0.1) is 0 Å². The standard InChI is InChI=1S/C16H15NO2/c1-11(10-18)13-7-8-14-15(9-13)19-16(17-14)12-5-3-2-4-6-12/h2-9,11,18H,10H2,1H3. The van der Waals surface area contributed by atoms with Crippen LogP contribution >= 0.6 is 0 Å². The summed E-state index contributed by atoms with van der Waals surface area (Å²) >= 11 is 0. The van der Waals surface area contributed by atoms with E-state index in [9.17, 15) is 5.11 Å². The molecule has 3 nitrogen and oxygen atoms in total. The minimum atomic E-state index is 0.106. The molecule has 0 bridgehead atoms. The van der Waals surface area contributed by atoms with Gasteiger partial charge in [-0.2, -0.15) is 0 Å². The van der Waals surface area contributed by atoms with Crippen molar-refractivity contribution in [3.63, 3.8) is 0 Å². The molecule has 0 aliphatic carbocycles. The molecule has 1 unspecified atom stereocenters. The molecule has 0 spiro atoms. The fraction of sp³-hybridized carbons (Fsp3) is 0.188. The van der Waals surface area contributed by atoms with Crippen molar-refractivity contribution < 1.29 is 9.52 Å². The number of oxazole rings is 1. The van der Waals surface area contributed by atoms with Gasteiger partial charge >= 0.3 is 0 Å². The summed E-state index contributed by atoms with van der Waals surface area (Å²) in [6.07, 6.45) is 0. The first-order valence-electron chi connectivity index (χ1n) is 6.34. The van der Waals surface area contributed by atoms with Crippen LogP contribution in [0.3, 0.4) is 0 Å². The number of fused-ring (bicyclic) bond motifs is 1. The second-order valence-corrected chi connectivity index (χ2v) is 4.70. The molecule has 1 atom stereocenters. The number of rotatable bonds is 3. The Kier molecular flexibility index (Phi) is 3.05. The fourth-order valence-corrected chi connectivity index (χ4v) is 2.06. The molecule has 1 aromatic heterocycles. The lowest BCUT2D eigenvalue weighted by molar-refractivity contribution is 0.273. The third-order valence-electron chi connectivity index (χ3n) is 3.28. The van der Waals surface area contributed by atoms with Crippen molar-refractivity contribution >= 4 is 11.1 Å². The van der Waals surface area contributed by atoms with Crippen LogP contribution in [0.4, 0.5) is 0 Å². The molecule has 0 aliphatic heterocycles. The van der Waals surface area contributed by atoms with Crippen molar-refractivity contribution in [1.29, 1.82) is 0 Å². The van der Waals surface area contributed by atoms with Crippen LogP contribution in [0.15, 0.2) is 52.9 Å². The van der Waals surface area contributed by atoms with Gasteiger partial charge in [0.25, 0.3) is 0 Å². The predicted octanol–water partition coefficient (Wildman–Crippen LogP) is 3.59. The number of benzene rings is 2. The lowest BCUT2D eigenvalue weighted by Crippen LogP contribution is -1.97. The molecular formula is C16H15NO2. The van der Waals surface area contributed by atoms with Crippen LogP contribution in [0.25, 0.3) is 22.6 Å². The number of aliphatic hydroxyl groups is 1. The zero-order valence-corrected chi connectivity index (χ0v) is 10.7. The van der Waals surface area contributed by atoms with Crippen molar-refractivity contribution in [2.75, 3.05) is 6.61 Å². The van der Waals surface area contributed by atoms with Gasteiger partial charge in [-0.1, -0.05) is 31.2 Å². The summed E-state index contributed by atoms with van der Waals surface area (Å²) in [5.41, 5.74) is 3.63. The zero-order chi connectivity index (χ0) is 13.2. The first-order chi connectivity index (χ1) is 9.28. The van der Waals surface area contributed by atoms with Gasteiger partial charge in [-0.15, -0.1) is 0 Å². The Balaban J connectivity index is 2.06. The number of hydrogen-bond donors (Lipinski definition) is 1. The van der Waals surface area contributed by atoms with Crippen LogP contribution in [-0.2, 0) is 0 Å². The van der Waals surface area contributed by atoms with E-state index < -0.39 is 0 Å². The normalized spacial score (nSPS) is 12.7. The molecule has 0 amide bonds. The first kappa shape index (κ1) is 11.9. The molecule has 0 saturated heterocycles. The van der Waals surface area contributed by atoms with Gasteiger partial charge in [-0.25, -0.2) is 4.98 Å². The van der Waals surface area contributed by atoms with Gasteiger partial charge in [-0.05, 0) is 29.8 Å². The summed E-state index contributed by atoms with van der Waals surface area (Å²) in [7, 11) is 0. The van der Waals surface area contributed by atoms with Gasteiger partial charge in [0.2, 0.25) is 5.89 Å². The van der Waals surface area contributed by atoms with E-state index >= 15 is 0 Å². The van der Waals surface area contributed by atoms with Gasteiger partial charge in [-0.3, -0.25) is 0 Å². The Hall–Kier alpha value is -2.13. The number of aromatic nitrogens is 1. The molecular weight excluding hydrogens is 238 g/mol.